The van der Waals surface area contributed by atoms with E-state index in [0.717, 1.165) is 12.8 Å². The van der Waals surface area contributed by atoms with Gasteiger partial charge in [0, 0.05) is 0 Å². The topological polar surface area (TPSA) is 93.7 Å². The summed E-state index contributed by atoms with van der Waals surface area (Å²) in [5.41, 5.74) is 3.04. The first kappa shape index (κ1) is 11.0. The Hall–Kier alpha value is -0.840. The van der Waals surface area contributed by atoms with Crippen molar-refractivity contribution in [3.63, 3.8) is 0 Å². The number of nitro groups is 1. The first-order chi connectivity index (χ1) is 3.77. The average Bonchev–Trinajstić information content (AvgIpc) is 1.66. The quantitative estimate of drug-likeness (QED) is 0.361. The molecule has 0 heterocycles. The van der Waals surface area contributed by atoms with Gasteiger partial charge in [0.1, 0.15) is 0 Å². The Bertz CT molecular complexity index is 76.2. The lowest BCUT2D eigenvalue weighted by Gasteiger charge is -2.05. The van der Waals surface area contributed by atoms with E-state index in [1.54, 1.807) is 0 Å². The molecule has 0 radical (unpaired) electrons. The standard InChI is InChI=1S/C4H9N2O2.H3N/c1-2-3-4-5-6(7)8;/h2-4H2,1H3;1H3/q-1;/p+1. The maximum Gasteiger partial charge on any atom is -0.0127 e. The van der Waals surface area contributed by atoms with Crippen LogP contribution in [0.25, 0.3) is 5.43 Å². The van der Waals surface area contributed by atoms with Gasteiger partial charge in [0.2, 0.25) is 0 Å². The normalized spacial score (nSPS) is 7.67. The summed E-state index contributed by atoms with van der Waals surface area (Å²) in [5.74, 6) is 0. The van der Waals surface area contributed by atoms with Crippen LogP contribution in [0.5, 0.6) is 0 Å². The molecule has 0 aromatic rings. The van der Waals surface area contributed by atoms with Gasteiger partial charge in [-0.3, -0.25) is 10.1 Å². The molecule has 0 atom stereocenters. The summed E-state index contributed by atoms with van der Waals surface area (Å²) in [6, 6.07) is 0. The predicted octanol–water partition coefficient (Wildman–Crippen LogP) is 1.73. The Morgan fingerprint density at radius 1 is 1.67 bits per heavy atom. The van der Waals surface area contributed by atoms with Gasteiger partial charge in [-0.15, -0.1) is 0 Å². The SMILES string of the molecule is CCCC[N-][N+](=O)[O-].[NH4+]. The van der Waals surface area contributed by atoms with E-state index in [1.165, 1.54) is 0 Å². The van der Waals surface area contributed by atoms with E-state index < -0.39 is 5.03 Å². The molecule has 0 spiro atoms. The molecule has 0 saturated heterocycles. The van der Waals surface area contributed by atoms with Gasteiger partial charge in [-0.2, -0.15) is 0 Å². The van der Waals surface area contributed by atoms with Crippen LogP contribution in [0.4, 0.5) is 0 Å². The van der Waals surface area contributed by atoms with E-state index in [9.17, 15) is 10.1 Å². The van der Waals surface area contributed by atoms with Crippen LogP contribution < -0.4 is 6.15 Å². The summed E-state index contributed by atoms with van der Waals surface area (Å²) in [7, 11) is 0. The second kappa shape index (κ2) is 7.16. The summed E-state index contributed by atoms with van der Waals surface area (Å²) in [6.07, 6.45) is 1.76. The monoisotopic (exact) mass is 135 g/mol. The second-order valence-electron chi connectivity index (χ2n) is 1.46. The Morgan fingerprint density at radius 2 is 2.22 bits per heavy atom. The average molecular weight is 135 g/mol. The van der Waals surface area contributed by atoms with E-state index in [1.807, 2.05) is 6.92 Å². The summed E-state index contributed by atoms with van der Waals surface area (Å²) < 4.78 is 0. The molecular weight excluding hydrogens is 122 g/mol. The third kappa shape index (κ3) is 11.0. The number of nitrogens with zero attached hydrogens (tertiary/aromatic N) is 2. The lowest BCUT2D eigenvalue weighted by Crippen LogP contribution is -1.92. The predicted molar refractivity (Wildman–Crippen MR) is 36.1 cm³/mol. The molecule has 5 heteroatoms. The van der Waals surface area contributed by atoms with Gasteiger partial charge in [0.05, 0.1) is 0 Å². The Morgan fingerprint density at radius 3 is 2.56 bits per heavy atom. The van der Waals surface area contributed by atoms with Gasteiger partial charge >= 0.3 is 0 Å². The third-order valence-electron chi connectivity index (χ3n) is 0.727. The zero-order valence-corrected chi connectivity index (χ0v) is 5.83. The second-order valence-corrected chi connectivity index (χ2v) is 1.46. The molecule has 0 unspecified atom stereocenters. The number of quaternary nitrogens is 1. The van der Waals surface area contributed by atoms with E-state index in [-0.39, 0.29) is 6.15 Å². The molecule has 4 N–H and O–H groups in total. The van der Waals surface area contributed by atoms with Crippen LogP contribution in [0.1, 0.15) is 19.8 Å². The van der Waals surface area contributed by atoms with Gasteiger partial charge < -0.3 is 11.6 Å². The number of hydrogen-bond donors (Lipinski definition) is 1. The first-order valence-corrected chi connectivity index (χ1v) is 2.59. The van der Waals surface area contributed by atoms with Crippen LogP contribution in [0.15, 0.2) is 0 Å². The highest BCUT2D eigenvalue weighted by atomic mass is 16.7. The Labute approximate surface area is 54.1 Å². The molecule has 0 aromatic heterocycles. The van der Waals surface area contributed by atoms with Crippen molar-refractivity contribution in [2.45, 2.75) is 19.8 Å². The van der Waals surface area contributed by atoms with E-state index >= 15 is 0 Å². The molecule has 56 valence electrons. The highest BCUT2D eigenvalue weighted by Crippen LogP contribution is 1.92. The van der Waals surface area contributed by atoms with Crippen LogP contribution >= 0.6 is 0 Å². The maximum atomic E-state index is 9.51. The fourth-order valence-corrected chi connectivity index (χ4v) is 0.310. The minimum absolute atomic E-state index is 0. The maximum absolute atomic E-state index is 9.51. The van der Waals surface area contributed by atoms with Gasteiger partial charge in [0.25, 0.3) is 0 Å². The third-order valence-corrected chi connectivity index (χ3v) is 0.727. The van der Waals surface area contributed by atoms with Crippen molar-refractivity contribution in [2.75, 3.05) is 6.54 Å². The van der Waals surface area contributed by atoms with Crippen LogP contribution in [0.3, 0.4) is 0 Å². The number of hydrogen-bond acceptors (Lipinski definition) is 2. The van der Waals surface area contributed by atoms with Crippen molar-refractivity contribution in [2.24, 2.45) is 0 Å². The molecule has 9 heavy (non-hydrogen) atoms. The molecule has 0 fully saturated rings. The first-order valence-electron chi connectivity index (χ1n) is 2.59. The Kier molecular flexibility index (Phi) is 8.77. The minimum atomic E-state index is -0.643. The van der Waals surface area contributed by atoms with Gasteiger partial charge in [0.15, 0.2) is 0 Å². The molecule has 0 aliphatic heterocycles. The molecule has 5 nitrogen and oxygen atoms in total. The molecule has 0 aromatic carbocycles. The van der Waals surface area contributed by atoms with Crippen molar-refractivity contribution in [1.29, 1.82) is 0 Å². The molecule has 0 aliphatic carbocycles. The summed E-state index contributed by atoms with van der Waals surface area (Å²) in [5, 5.41) is 8.87. The summed E-state index contributed by atoms with van der Waals surface area (Å²) in [4.78, 5) is 9.51. The molecule has 0 rings (SSSR count). The van der Waals surface area contributed by atoms with Gasteiger partial charge in [-0.05, 0) is 5.03 Å². The minimum Gasteiger partial charge on any atom is -0.379 e. The van der Waals surface area contributed by atoms with Crippen LogP contribution in [-0.2, 0) is 0 Å². The highest BCUT2D eigenvalue weighted by Gasteiger charge is 1.76. The molecular formula is C4H13N3O2. The fraction of sp³-hybridized carbons (Fsp3) is 1.00. The molecule has 0 saturated carbocycles. The highest BCUT2D eigenvalue weighted by molar-refractivity contribution is 4.58. The zero-order chi connectivity index (χ0) is 6.41. The smallest absolute Gasteiger partial charge is 0.0127 e. The zero-order valence-electron chi connectivity index (χ0n) is 5.83. The van der Waals surface area contributed by atoms with E-state index in [0.29, 0.717) is 6.54 Å². The summed E-state index contributed by atoms with van der Waals surface area (Å²) >= 11 is 0. The van der Waals surface area contributed by atoms with Gasteiger partial charge in [-0.25, -0.2) is 0 Å². The van der Waals surface area contributed by atoms with E-state index in [2.05, 4.69) is 5.43 Å². The largest absolute Gasteiger partial charge is 0.379 e. The lowest BCUT2D eigenvalue weighted by molar-refractivity contribution is -0.426. The van der Waals surface area contributed by atoms with Crippen molar-refractivity contribution >= 4 is 0 Å². The summed E-state index contributed by atoms with van der Waals surface area (Å²) in [6.45, 7) is 2.32. The van der Waals surface area contributed by atoms with Crippen LogP contribution in [0.2, 0.25) is 0 Å². The van der Waals surface area contributed by atoms with Crippen LogP contribution in [-0.4, -0.2) is 11.6 Å². The van der Waals surface area contributed by atoms with E-state index in [4.69, 9.17) is 0 Å². The molecule has 0 aliphatic rings. The molecule has 0 amide bonds. The number of rotatable bonds is 4. The number of unbranched alkanes of at least 4 members (excludes halogenated alkanes) is 1. The van der Waals surface area contributed by atoms with Gasteiger partial charge in [-0.1, -0.05) is 26.3 Å². The Balaban J connectivity index is 0. The lowest BCUT2D eigenvalue weighted by atomic mass is 10.3. The molecule has 0 bridgehead atoms. The van der Waals surface area contributed by atoms with Crippen molar-refractivity contribution in [3.05, 3.63) is 15.5 Å². The van der Waals surface area contributed by atoms with Crippen LogP contribution in [0, 0.1) is 10.1 Å². The van der Waals surface area contributed by atoms with Crippen molar-refractivity contribution in [3.8, 4) is 0 Å². The van der Waals surface area contributed by atoms with Crippen molar-refractivity contribution in [1.82, 2.24) is 6.15 Å². The fourth-order valence-electron chi connectivity index (χ4n) is 0.310. The van der Waals surface area contributed by atoms with Crippen molar-refractivity contribution < 1.29 is 5.03 Å².